The summed E-state index contributed by atoms with van der Waals surface area (Å²) in [6, 6.07) is 25.1. The first-order chi connectivity index (χ1) is 14.8. The van der Waals surface area contributed by atoms with Crippen LogP contribution in [0.5, 0.6) is 0 Å². The van der Waals surface area contributed by atoms with E-state index in [1.54, 1.807) is 12.4 Å². The van der Waals surface area contributed by atoms with Crippen molar-refractivity contribution in [3.8, 4) is 11.4 Å². The highest BCUT2D eigenvalue weighted by Gasteiger charge is 2.28. The van der Waals surface area contributed by atoms with Crippen molar-refractivity contribution in [3.05, 3.63) is 96.3 Å². The Hall–Kier alpha value is -3.73. The summed E-state index contributed by atoms with van der Waals surface area (Å²) < 4.78 is 0. The number of benzene rings is 2. The van der Waals surface area contributed by atoms with Gasteiger partial charge in [-0.25, -0.2) is 9.97 Å². The number of pyridine rings is 1. The van der Waals surface area contributed by atoms with Crippen LogP contribution in [-0.2, 0) is 13.0 Å². The molecule has 148 valence electrons. The van der Waals surface area contributed by atoms with Gasteiger partial charge in [0.25, 0.3) is 0 Å². The molecular formula is C25H23N5. The largest absolute Gasteiger partial charge is 0.366 e. The van der Waals surface area contributed by atoms with Crippen LogP contribution >= 0.6 is 0 Å². The molecule has 0 amide bonds. The maximum absolute atomic E-state index is 4.95. The van der Waals surface area contributed by atoms with E-state index in [4.69, 9.17) is 9.97 Å². The van der Waals surface area contributed by atoms with Crippen molar-refractivity contribution < 1.29 is 0 Å². The lowest BCUT2D eigenvalue weighted by Gasteiger charge is -2.25. The van der Waals surface area contributed by atoms with Gasteiger partial charge in [0.05, 0.1) is 0 Å². The molecule has 0 fully saturated rings. The fraction of sp³-hybridized carbons (Fsp3) is 0.160. The molecule has 1 aliphatic rings. The molecule has 5 nitrogen and oxygen atoms in total. The molecule has 0 radical (unpaired) electrons. The molecule has 1 aliphatic heterocycles. The first kappa shape index (κ1) is 18.3. The summed E-state index contributed by atoms with van der Waals surface area (Å²) >= 11 is 0. The lowest BCUT2D eigenvalue weighted by molar-refractivity contribution is 0.749. The third-order valence-corrected chi connectivity index (χ3v) is 5.42. The van der Waals surface area contributed by atoms with Crippen LogP contribution in [0.15, 0.2) is 85.2 Å². The molecule has 1 atom stereocenters. The molecule has 30 heavy (non-hydrogen) atoms. The predicted octanol–water partition coefficient (Wildman–Crippen LogP) is 5.23. The lowest BCUT2D eigenvalue weighted by atomic mass is 10.1. The van der Waals surface area contributed by atoms with Gasteiger partial charge < -0.3 is 10.2 Å². The molecule has 3 heterocycles. The number of hydrogen-bond acceptors (Lipinski definition) is 5. The van der Waals surface area contributed by atoms with Gasteiger partial charge in [0.15, 0.2) is 5.82 Å². The summed E-state index contributed by atoms with van der Waals surface area (Å²) in [6.45, 7) is 2.92. The fourth-order valence-electron chi connectivity index (χ4n) is 3.97. The van der Waals surface area contributed by atoms with Crippen LogP contribution in [-0.4, -0.2) is 21.0 Å². The molecule has 1 unspecified atom stereocenters. The molecule has 4 aromatic rings. The van der Waals surface area contributed by atoms with Crippen molar-refractivity contribution in [2.24, 2.45) is 0 Å². The van der Waals surface area contributed by atoms with E-state index in [1.807, 2.05) is 48.5 Å². The quantitative estimate of drug-likeness (QED) is 0.503. The Kier molecular flexibility index (Phi) is 4.85. The fourth-order valence-corrected chi connectivity index (χ4v) is 3.97. The van der Waals surface area contributed by atoms with Crippen molar-refractivity contribution in [2.75, 3.05) is 10.2 Å². The standard InChI is InChI=1S/C25H23N5/c1-18-15-21-9-5-6-10-22(21)30(18)24-16-23(27-17-19-11-13-26-14-12-19)28-25(29-24)20-7-3-2-4-8-20/h2-14,16,18H,15,17H2,1H3,(H,27,28,29). The second-order valence-electron chi connectivity index (χ2n) is 7.56. The summed E-state index contributed by atoms with van der Waals surface area (Å²) in [6.07, 6.45) is 4.63. The Bertz CT molecular complexity index is 1140. The topological polar surface area (TPSA) is 53.9 Å². The van der Waals surface area contributed by atoms with Gasteiger partial charge in [-0.15, -0.1) is 0 Å². The highest BCUT2D eigenvalue weighted by molar-refractivity contribution is 5.72. The molecule has 0 bridgehead atoms. The van der Waals surface area contributed by atoms with Gasteiger partial charge in [-0.1, -0.05) is 48.5 Å². The lowest BCUT2D eigenvalue weighted by Crippen LogP contribution is -2.25. The summed E-state index contributed by atoms with van der Waals surface area (Å²) in [5.41, 5.74) is 4.75. The summed E-state index contributed by atoms with van der Waals surface area (Å²) in [5.74, 6) is 2.45. The summed E-state index contributed by atoms with van der Waals surface area (Å²) in [7, 11) is 0. The van der Waals surface area contributed by atoms with Gasteiger partial charge in [-0.05, 0) is 42.7 Å². The van der Waals surface area contributed by atoms with E-state index in [9.17, 15) is 0 Å². The number of nitrogens with one attached hydrogen (secondary N) is 1. The predicted molar refractivity (Wildman–Crippen MR) is 121 cm³/mol. The minimum absolute atomic E-state index is 0.342. The van der Waals surface area contributed by atoms with Gasteiger partial charge in [-0.2, -0.15) is 0 Å². The van der Waals surface area contributed by atoms with Crippen molar-refractivity contribution in [1.82, 2.24) is 15.0 Å². The molecule has 0 spiro atoms. The number of rotatable bonds is 5. The monoisotopic (exact) mass is 393 g/mol. The molecule has 2 aromatic heterocycles. The van der Waals surface area contributed by atoms with Crippen LogP contribution in [0, 0.1) is 0 Å². The smallest absolute Gasteiger partial charge is 0.163 e. The van der Waals surface area contributed by atoms with Crippen molar-refractivity contribution in [3.63, 3.8) is 0 Å². The molecule has 0 saturated carbocycles. The Labute approximate surface area is 176 Å². The number of para-hydroxylation sites is 1. The number of nitrogens with zero attached hydrogens (tertiary/aromatic N) is 4. The Balaban J connectivity index is 1.55. The zero-order valence-corrected chi connectivity index (χ0v) is 16.9. The molecule has 1 N–H and O–H groups in total. The third kappa shape index (κ3) is 3.62. The van der Waals surface area contributed by atoms with Crippen molar-refractivity contribution in [2.45, 2.75) is 25.9 Å². The zero-order chi connectivity index (χ0) is 20.3. The molecule has 0 saturated heterocycles. The minimum atomic E-state index is 0.342. The molecular weight excluding hydrogens is 370 g/mol. The SMILES string of the molecule is CC1Cc2ccccc2N1c1cc(NCc2ccncc2)nc(-c2ccccc2)n1. The van der Waals surface area contributed by atoms with E-state index in [0.29, 0.717) is 12.6 Å². The Morgan fingerprint density at radius 2 is 1.70 bits per heavy atom. The number of anilines is 3. The summed E-state index contributed by atoms with van der Waals surface area (Å²) in [4.78, 5) is 16.2. The van der Waals surface area contributed by atoms with Crippen LogP contribution in [0.1, 0.15) is 18.1 Å². The minimum Gasteiger partial charge on any atom is -0.366 e. The zero-order valence-electron chi connectivity index (χ0n) is 16.9. The number of aromatic nitrogens is 3. The first-order valence-electron chi connectivity index (χ1n) is 10.2. The second-order valence-corrected chi connectivity index (χ2v) is 7.56. The van der Waals surface area contributed by atoms with Crippen LogP contribution in [0.25, 0.3) is 11.4 Å². The highest BCUT2D eigenvalue weighted by atomic mass is 15.2. The maximum Gasteiger partial charge on any atom is 0.163 e. The maximum atomic E-state index is 4.95. The van der Waals surface area contributed by atoms with Crippen LogP contribution in [0.3, 0.4) is 0 Å². The van der Waals surface area contributed by atoms with E-state index in [-0.39, 0.29) is 0 Å². The molecule has 5 heteroatoms. The van der Waals surface area contributed by atoms with Crippen molar-refractivity contribution in [1.29, 1.82) is 0 Å². The highest BCUT2D eigenvalue weighted by Crippen LogP contribution is 2.38. The third-order valence-electron chi connectivity index (χ3n) is 5.42. The van der Waals surface area contributed by atoms with E-state index in [1.165, 1.54) is 11.3 Å². The van der Waals surface area contributed by atoms with Crippen LogP contribution in [0.4, 0.5) is 17.3 Å². The van der Waals surface area contributed by atoms with Crippen LogP contribution in [0.2, 0.25) is 0 Å². The van der Waals surface area contributed by atoms with Gasteiger partial charge >= 0.3 is 0 Å². The van der Waals surface area contributed by atoms with E-state index in [2.05, 4.69) is 46.4 Å². The number of fused-ring (bicyclic) bond motifs is 1. The van der Waals surface area contributed by atoms with E-state index < -0.39 is 0 Å². The molecule has 2 aromatic carbocycles. The average Bonchev–Trinajstić information content (AvgIpc) is 3.14. The van der Waals surface area contributed by atoms with Gasteiger partial charge in [0.1, 0.15) is 11.6 Å². The number of hydrogen-bond donors (Lipinski definition) is 1. The average molecular weight is 393 g/mol. The molecule has 5 rings (SSSR count). The second kappa shape index (κ2) is 7.95. The van der Waals surface area contributed by atoms with Crippen LogP contribution < -0.4 is 10.2 Å². The van der Waals surface area contributed by atoms with Crippen molar-refractivity contribution >= 4 is 17.3 Å². The van der Waals surface area contributed by atoms with E-state index in [0.717, 1.165) is 35.0 Å². The Morgan fingerprint density at radius 1 is 0.933 bits per heavy atom. The Morgan fingerprint density at radius 3 is 2.53 bits per heavy atom. The van der Waals surface area contributed by atoms with Gasteiger partial charge in [0.2, 0.25) is 0 Å². The first-order valence-corrected chi connectivity index (χ1v) is 10.2. The molecule has 0 aliphatic carbocycles. The van der Waals surface area contributed by atoms with E-state index >= 15 is 0 Å². The normalized spacial score (nSPS) is 15.1. The van der Waals surface area contributed by atoms with Gasteiger partial charge in [0, 0.05) is 42.3 Å². The summed E-state index contributed by atoms with van der Waals surface area (Å²) in [5, 5.41) is 3.47. The van der Waals surface area contributed by atoms with Gasteiger partial charge in [-0.3, -0.25) is 4.98 Å².